The average molecular weight is 497 g/mol. The van der Waals surface area contributed by atoms with E-state index < -0.39 is 47.9 Å². The fraction of sp³-hybridized carbons (Fsp3) is 0.565. The number of benzene rings is 1. The number of phenols is 1. The van der Waals surface area contributed by atoms with Crippen LogP contribution in [0.15, 0.2) is 24.3 Å². The Kier molecular flexibility index (Phi) is 11.9. The van der Waals surface area contributed by atoms with Crippen molar-refractivity contribution in [3.63, 3.8) is 0 Å². The van der Waals surface area contributed by atoms with Crippen LogP contribution < -0.4 is 21.7 Å². The third-order valence-electron chi connectivity index (χ3n) is 5.11. The number of aromatic hydroxyl groups is 1. The van der Waals surface area contributed by atoms with Gasteiger partial charge in [0.1, 0.15) is 23.9 Å². The maximum atomic E-state index is 13.1. The topological polar surface area (TPSA) is 171 Å². The first-order valence-corrected chi connectivity index (χ1v) is 11.8. The van der Waals surface area contributed by atoms with Crippen LogP contribution >= 0.6 is 12.6 Å². The van der Waals surface area contributed by atoms with Gasteiger partial charge in [-0.05, 0) is 36.0 Å². The van der Waals surface area contributed by atoms with Crippen LogP contribution in [0.3, 0.4) is 0 Å². The standard InChI is InChI=1S/C23H36N4O6S/c1-12(2)9-18(23(32)33)26-22(31)19(13(3)4)27-21(30)17(25-20(29)16(24)11-34)10-14-5-7-15(28)8-6-14/h5-8,12-13,16-19,28,34H,9-11,24H2,1-4H3,(H,25,29)(H,26,31)(H,27,30)(H,32,33). The fourth-order valence-electron chi connectivity index (χ4n) is 3.18. The zero-order valence-electron chi connectivity index (χ0n) is 19.9. The molecule has 4 unspecified atom stereocenters. The number of amides is 3. The molecule has 11 heteroatoms. The molecule has 0 bridgehead atoms. The van der Waals surface area contributed by atoms with Crippen molar-refractivity contribution in [1.82, 2.24) is 16.0 Å². The number of aliphatic carboxylic acids is 1. The van der Waals surface area contributed by atoms with E-state index in [1.54, 1.807) is 26.0 Å². The van der Waals surface area contributed by atoms with Gasteiger partial charge in [-0.1, -0.05) is 39.8 Å². The number of phenolic OH excluding ortho intramolecular Hbond substituents is 1. The lowest BCUT2D eigenvalue weighted by molar-refractivity contribution is -0.143. The summed E-state index contributed by atoms with van der Waals surface area (Å²) in [5.74, 6) is -3.19. The Bertz CT molecular complexity index is 846. The van der Waals surface area contributed by atoms with E-state index in [0.29, 0.717) is 5.56 Å². The molecule has 34 heavy (non-hydrogen) atoms. The highest BCUT2D eigenvalue weighted by Gasteiger charge is 2.32. The van der Waals surface area contributed by atoms with Crippen molar-refractivity contribution in [3.8, 4) is 5.75 Å². The molecule has 190 valence electrons. The lowest BCUT2D eigenvalue weighted by Crippen LogP contribution is -2.59. The van der Waals surface area contributed by atoms with Crippen molar-refractivity contribution >= 4 is 36.3 Å². The molecule has 0 aliphatic rings. The second kappa shape index (κ2) is 13.8. The van der Waals surface area contributed by atoms with Crippen LogP contribution in [0.5, 0.6) is 5.75 Å². The highest BCUT2D eigenvalue weighted by molar-refractivity contribution is 7.80. The summed E-state index contributed by atoms with van der Waals surface area (Å²) >= 11 is 4.01. The normalized spacial score (nSPS) is 14.7. The summed E-state index contributed by atoms with van der Waals surface area (Å²) in [7, 11) is 0. The molecule has 1 aromatic rings. The molecule has 0 radical (unpaired) electrons. The Morgan fingerprint density at radius 3 is 1.94 bits per heavy atom. The molecule has 0 saturated heterocycles. The SMILES string of the molecule is CC(C)CC(NC(=O)C(NC(=O)C(Cc1ccc(O)cc1)NC(=O)C(N)CS)C(C)C)C(=O)O. The number of carbonyl (C=O) groups excluding carboxylic acids is 3. The molecule has 0 fully saturated rings. The molecule has 0 aliphatic heterocycles. The number of hydrogen-bond donors (Lipinski definition) is 7. The zero-order chi connectivity index (χ0) is 26.0. The third kappa shape index (κ3) is 9.60. The van der Waals surface area contributed by atoms with Crippen LogP contribution in [0.4, 0.5) is 0 Å². The van der Waals surface area contributed by atoms with Crippen molar-refractivity contribution in [2.75, 3.05) is 5.75 Å². The number of carbonyl (C=O) groups is 4. The summed E-state index contributed by atoms with van der Waals surface area (Å²) in [5, 5.41) is 26.7. The number of nitrogens with two attached hydrogens (primary N) is 1. The van der Waals surface area contributed by atoms with Gasteiger partial charge in [0.25, 0.3) is 0 Å². The van der Waals surface area contributed by atoms with Gasteiger partial charge in [-0.2, -0.15) is 12.6 Å². The number of rotatable bonds is 13. The van der Waals surface area contributed by atoms with Crippen LogP contribution in [-0.2, 0) is 25.6 Å². The van der Waals surface area contributed by atoms with Crippen LogP contribution in [-0.4, -0.2) is 63.8 Å². The summed E-state index contributed by atoms with van der Waals surface area (Å²) in [5.41, 5.74) is 6.38. The average Bonchev–Trinajstić information content (AvgIpc) is 2.76. The first-order chi connectivity index (χ1) is 15.8. The molecule has 0 aliphatic carbocycles. The van der Waals surface area contributed by atoms with Gasteiger partial charge < -0.3 is 31.9 Å². The van der Waals surface area contributed by atoms with Gasteiger partial charge in [-0.15, -0.1) is 0 Å². The molecule has 7 N–H and O–H groups in total. The minimum atomic E-state index is -1.16. The predicted octanol–water partition coefficient (Wildman–Crippen LogP) is 0.433. The van der Waals surface area contributed by atoms with Crippen LogP contribution in [0.25, 0.3) is 0 Å². The van der Waals surface area contributed by atoms with Crippen molar-refractivity contribution in [2.45, 2.75) is 64.7 Å². The van der Waals surface area contributed by atoms with E-state index in [0.717, 1.165) is 0 Å². The maximum absolute atomic E-state index is 13.1. The smallest absolute Gasteiger partial charge is 0.326 e. The molecule has 0 saturated carbocycles. The monoisotopic (exact) mass is 496 g/mol. The number of carboxylic acids is 1. The van der Waals surface area contributed by atoms with Crippen molar-refractivity contribution in [1.29, 1.82) is 0 Å². The van der Waals surface area contributed by atoms with Crippen molar-refractivity contribution in [2.24, 2.45) is 17.6 Å². The maximum Gasteiger partial charge on any atom is 0.326 e. The van der Waals surface area contributed by atoms with Crippen LogP contribution in [0, 0.1) is 11.8 Å². The van der Waals surface area contributed by atoms with E-state index in [1.807, 2.05) is 13.8 Å². The second-order valence-electron chi connectivity index (χ2n) is 8.98. The molecular weight excluding hydrogens is 460 g/mol. The molecular formula is C23H36N4O6S. The van der Waals surface area contributed by atoms with Crippen LogP contribution in [0.2, 0.25) is 0 Å². The number of thiol groups is 1. The third-order valence-corrected chi connectivity index (χ3v) is 5.50. The number of carboxylic acid groups (broad SMARTS) is 1. The first kappa shape index (κ1) is 29.2. The van der Waals surface area contributed by atoms with Gasteiger partial charge in [0.2, 0.25) is 17.7 Å². The van der Waals surface area contributed by atoms with E-state index in [2.05, 4.69) is 28.6 Å². The Labute approximate surface area is 205 Å². The second-order valence-corrected chi connectivity index (χ2v) is 9.35. The summed E-state index contributed by atoms with van der Waals surface area (Å²) in [6.45, 7) is 7.12. The van der Waals surface area contributed by atoms with Gasteiger partial charge in [-0.25, -0.2) is 4.79 Å². The van der Waals surface area contributed by atoms with Gasteiger partial charge in [0, 0.05) is 12.2 Å². The Morgan fingerprint density at radius 1 is 0.912 bits per heavy atom. The molecule has 0 spiro atoms. The fourth-order valence-corrected chi connectivity index (χ4v) is 3.35. The highest BCUT2D eigenvalue weighted by atomic mass is 32.1. The molecule has 1 rings (SSSR count). The van der Waals surface area contributed by atoms with Crippen LogP contribution in [0.1, 0.15) is 39.7 Å². The summed E-state index contributed by atoms with van der Waals surface area (Å²) in [6, 6.07) is 2.00. The van der Waals surface area contributed by atoms with E-state index in [1.165, 1.54) is 12.1 Å². The molecule has 1 aromatic carbocycles. The van der Waals surface area contributed by atoms with E-state index in [9.17, 15) is 29.4 Å². The largest absolute Gasteiger partial charge is 0.508 e. The van der Waals surface area contributed by atoms with Gasteiger partial charge in [0.15, 0.2) is 0 Å². The molecule has 3 amide bonds. The summed E-state index contributed by atoms with van der Waals surface area (Å²) in [6.07, 6.45) is 0.315. The van der Waals surface area contributed by atoms with E-state index in [-0.39, 0.29) is 36.2 Å². The minimum Gasteiger partial charge on any atom is -0.508 e. The van der Waals surface area contributed by atoms with Crippen molar-refractivity contribution < 1.29 is 29.4 Å². The number of nitrogens with one attached hydrogen (secondary N) is 3. The van der Waals surface area contributed by atoms with E-state index in [4.69, 9.17) is 5.73 Å². The highest BCUT2D eigenvalue weighted by Crippen LogP contribution is 2.13. The summed E-state index contributed by atoms with van der Waals surface area (Å²) < 4.78 is 0. The van der Waals surface area contributed by atoms with E-state index >= 15 is 0 Å². The van der Waals surface area contributed by atoms with Gasteiger partial charge in [-0.3, -0.25) is 14.4 Å². The minimum absolute atomic E-state index is 0.0365. The van der Waals surface area contributed by atoms with Crippen molar-refractivity contribution in [3.05, 3.63) is 29.8 Å². The molecule has 0 heterocycles. The Morgan fingerprint density at radius 2 is 1.47 bits per heavy atom. The molecule has 4 atom stereocenters. The lowest BCUT2D eigenvalue weighted by Gasteiger charge is -2.27. The first-order valence-electron chi connectivity index (χ1n) is 11.1. The lowest BCUT2D eigenvalue weighted by atomic mass is 9.99. The van der Waals surface area contributed by atoms with Gasteiger partial charge in [0.05, 0.1) is 6.04 Å². The number of hydrogen-bond acceptors (Lipinski definition) is 7. The van der Waals surface area contributed by atoms with Gasteiger partial charge >= 0.3 is 5.97 Å². The summed E-state index contributed by atoms with van der Waals surface area (Å²) in [4.78, 5) is 49.9. The predicted molar refractivity (Wildman–Crippen MR) is 131 cm³/mol. The Balaban J connectivity index is 3.07. The zero-order valence-corrected chi connectivity index (χ0v) is 20.8. The molecule has 10 nitrogen and oxygen atoms in total. The molecule has 0 aromatic heterocycles. The Hall–Kier alpha value is -2.79. The quantitative estimate of drug-likeness (QED) is 0.194.